The number of rotatable bonds is 4. The van der Waals surface area contributed by atoms with Gasteiger partial charge in [0.15, 0.2) is 0 Å². The van der Waals surface area contributed by atoms with Gasteiger partial charge >= 0.3 is 0 Å². The van der Waals surface area contributed by atoms with Crippen molar-refractivity contribution in [3.05, 3.63) is 22.7 Å². The zero-order valence-corrected chi connectivity index (χ0v) is 8.77. The Hall–Kier alpha value is -0.740. The van der Waals surface area contributed by atoms with E-state index in [0.717, 1.165) is 22.6 Å². The van der Waals surface area contributed by atoms with Crippen LogP contribution in [-0.4, -0.2) is 14.7 Å². The zero-order valence-electron chi connectivity index (χ0n) is 7.95. The highest BCUT2D eigenvalue weighted by atomic mass is 32.1. The minimum absolute atomic E-state index is 0.434. The normalized spacial score (nSPS) is 12.8. The molecule has 0 aliphatic rings. The molecule has 1 aromatic heterocycles. The summed E-state index contributed by atoms with van der Waals surface area (Å²) in [5.41, 5.74) is 1.92. The summed E-state index contributed by atoms with van der Waals surface area (Å²) in [6.45, 7) is 7.62. The third-order valence-corrected chi connectivity index (χ3v) is 2.76. The van der Waals surface area contributed by atoms with E-state index in [9.17, 15) is 5.11 Å². The highest BCUT2D eigenvalue weighted by Gasteiger charge is 2.13. The van der Waals surface area contributed by atoms with Gasteiger partial charge in [0.1, 0.15) is 0 Å². The average Bonchev–Trinajstić information content (AvgIpc) is 2.47. The predicted octanol–water partition coefficient (Wildman–Crippen LogP) is 2.24. The van der Waals surface area contributed by atoms with Crippen molar-refractivity contribution in [2.45, 2.75) is 32.8 Å². The number of allylic oxidation sites excluding steroid dienone is 1. The SMILES string of the molecule is C=C(C)CCC(O)c1snnc1C. The van der Waals surface area contributed by atoms with Gasteiger partial charge in [-0.15, -0.1) is 11.7 Å². The smallest absolute Gasteiger partial charge is 0.0920 e. The maximum atomic E-state index is 9.73. The molecule has 0 saturated heterocycles. The van der Waals surface area contributed by atoms with Crippen LogP contribution in [0.4, 0.5) is 0 Å². The standard InChI is InChI=1S/C9H14N2OS/c1-6(2)4-5-8(12)9-7(3)10-11-13-9/h8,12H,1,4-5H2,2-3H3. The number of hydrogen-bond acceptors (Lipinski definition) is 4. The Morgan fingerprint density at radius 1 is 1.69 bits per heavy atom. The van der Waals surface area contributed by atoms with Gasteiger partial charge in [0.25, 0.3) is 0 Å². The molecule has 0 aromatic carbocycles. The summed E-state index contributed by atoms with van der Waals surface area (Å²) in [6, 6.07) is 0. The number of nitrogens with zero attached hydrogens (tertiary/aromatic N) is 2. The number of aryl methyl sites for hydroxylation is 1. The third-order valence-electron chi connectivity index (χ3n) is 1.83. The molecule has 0 amide bonds. The van der Waals surface area contributed by atoms with Gasteiger partial charge in [0.2, 0.25) is 0 Å². The summed E-state index contributed by atoms with van der Waals surface area (Å²) < 4.78 is 3.78. The first-order valence-electron chi connectivity index (χ1n) is 4.22. The van der Waals surface area contributed by atoms with Gasteiger partial charge in [-0.25, -0.2) is 0 Å². The Labute approximate surface area is 82.3 Å². The van der Waals surface area contributed by atoms with Crippen LogP contribution in [0.25, 0.3) is 0 Å². The van der Waals surface area contributed by atoms with E-state index in [4.69, 9.17) is 0 Å². The maximum Gasteiger partial charge on any atom is 0.0920 e. The van der Waals surface area contributed by atoms with Crippen molar-refractivity contribution in [1.82, 2.24) is 9.59 Å². The van der Waals surface area contributed by atoms with Crippen molar-refractivity contribution < 1.29 is 5.11 Å². The molecule has 1 unspecified atom stereocenters. The molecule has 1 N–H and O–H groups in total. The first-order chi connectivity index (χ1) is 6.11. The Morgan fingerprint density at radius 3 is 2.85 bits per heavy atom. The van der Waals surface area contributed by atoms with Gasteiger partial charge in [0, 0.05) is 0 Å². The lowest BCUT2D eigenvalue weighted by Gasteiger charge is -2.07. The van der Waals surface area contributed by atoms with Crippen LogP contribution in [0.2, 0.25) is 0 Å². The predicted molar refractivity (Wildman–Crippen MR) is 53.7 cm³/mol. The van der Waals surface area contributed by atoms with Crippen molar-refractivity contribution in [1.29, 1.82) is 0 Å². The van der Waals surface area contributed by atoms with Crippen LogP contribution < -0.4 is 0 Å². The van der Waals surface area contributed by atoms with Gasteiger partial charge in [0.05, 0.1) is 16.7 Å². The van der Waals surface area contributed by atoms with E-state index in [2.05, 4.69) is 16.2 Å². The van der Waals surface area contributed by atoms with Crippen LogP contribution in [0.15, 0.2) is 12.2 Å². The Kier molecular flexibility index (Phi) is 3.57. The van der Waals surface area contributed by atoms with E-state index in [-0.39, 0.29) is 0 Å². The van der Waals surface area contributed by atoms with Crippen molar-refractivity contribution in [2.75, 3.05) is 0 Å². The topological polar surface area (TPSA) is 46.0 Å². The number of hydrogen-bond donors (Lipinski definition) is 1. The maximum absolute atomic E-state index is 9.73. The molecule has 0 bridgehead atoms. The second kappa shape index (κ2) is 4.48. The van der Waals surface area contributed by atoms with Crippen LogP contribution in [0, 0.1) is 6.92 Å². The van der Waals surface area contributed by atoms with Crippen molar-refractivity contribution in [3.63, 3.8) is 0 Å². The summed E-state index contributed by atoms with van der Waals surface area (Å²) in [6.07, 6.45) is 1.12. The second-order valence-corrected chi connectivity index (χ2v) is 4.02. The molecule has 1 heterocycles. The van der Waals surface area contributed by atoms with Crippen LogP contribution in [0.3, 0.4) is 0 Å². The first kappa shape index (κ1) is 10.3. The summed E-state index contributed by atoms with van der Waals surface area (Å²) >= 11 is 1.27. The van der Waals surface area contributed by atoms with Crippen LogP contribution in [-0.2, 0) is 0 Å². The second-order valence-electron chi connectivity index (χ2n) is 3.23. The van der Waals surface area contributed by atoms with E-state index in [0.29, 0.717) is 6.42 Å². The van der Waals surface area contributed by atoms with E-state index in [1.807, 2.05) is 13.8 Å². The van der Waals surface area contributed by atoms with E-state index in [1.165, 1.54) is 11.5 Å². The molecule has 0 aliphatic heterocycles. The monoisotopic (exact) mass is 198 g/mol. The van der Waals surface area contributed by atoms with Crippen LogP contribution in [0.1, 0.15) is 36.4 Å². The van der Waals surface area contributed by atoms with Crippen LogP contribution >= 0.6 is 11.5 Å². The van der Waals surface area contributed by atoms with E-state index < -0.39 is 6.10 Å². The summed E-state index contributed by atoms with van der Waals surface area (Å²) in [5, 5.41) is 13.6. The molecule has 0 spiro atoms. The summed E-state index contributed by atoms with van der Waals surface area (Å²) in [7, 11) is 0. The first-order valence-corrected chi connectivity index (χ1v) is 5.00. The molecule has 0 fully saturated rings. The van der Waals surface area contributed by atoms with Gasteiger partial charge in [-0.1, -0.05) is 10.1 Å². The van der Waals surface area contributed by atoms with Gasteiger partial charge < -0.3 is 5.11 Å². The molecular weight excluding hydrogens is 184 g/mol. The molecule has 1 atom stereocenters. The molecule has 72 valence electrons. The fourth-order valence-corrected chi connectivity index (χ4v) is 1.72. The fourth-order valence-electron chi connectivity index (χ4n) is 1.06. The molecule has 0 saturated carbocycles. The Balaban J connectivity index is 2.53. The minimum Gasteiger partial charge on any atom is -0.387 e. The zero-order chi connectivity index (χ0) is 9.84. The Morgan fingerprint density at radius 2 is 2.38 bits per heavy atom. The number of aliphatic hydroxyl groups excluding tert-OH is 1. The number of aliphatic hydroxyl groups is 1. The Bertz CT molecular complexity index is 296. The number of aromatic nitrogens is 2. The van der Waals surface area contributed by atoms with Crippen LogP contribution in [0.5, 0.6) is 0 Å². The van der Waals surface area contributed by atoms with Gasteiger partial charge in [-0.3, -0.25) is 0 Å². The van der Waals surface area contributed by atoms with Crippen molar-refractivity contribution >= 4 is 11.5 Å². The summed E-state index contributed by atoms with van der Waals surface area (Å²) in [4.78, 5) is 0.876. The largest absolute Gasteiger partial charge is 0.387 e. The fraction of sp³-hybridized carbons (Fsp3) is 0.556. The average molecular weight is 198 g/mol. The molecule has 1 aromatic rings. The van der Waals surface area contributed by atoms with Crippen molar-refractivity contribution in [3.8, 4) is 0 Å². The molecule has 13 heavy (non-hydrogen) atoms. The van der Waals surface area contributed by atoms with Gasteiger partial charge in [-0.05, 0) is 38.2 Å². The van der Waals surface area contributed by atoms with Crippen molar-refractivity contribution in [2.24, 2.45) is 0 Å². The minimum atomic E-state index is -0.434. The lowest BCUT2D eigenvalue weighted by molar-refractivity contribution is 0.170. The van der Waals surface area contributed by atoms with Gasteiger partial charge in [-0.2, -0.15) is 0 Å². The lowest BCUT2D eigenvalue weighted by atomic mass is 10.1. The molecule has 0 radical (unpaired) electrons. The molecule has 4 heteroatoms. The summed E-state index contributed by atoms with van der Waals surface area (Å²) in [5.74, 6) is 0. The lowest BCUT2D eigenvalue weighted by Crippen LogP contribution is -1.97. The highest BCUT2D eigenvalue weighted by molar-refractivity contribution is 7.05. The third kappa shape index (κ3) is 2.90. The highest BCUT2D eigenvalue weighted by Crippen LogP contribution is 2.24. The van der Waals surface area contributed by atoms with E-state index >= 15 is 0 Å². The molecular formula is C9H14N2OS. The molecule has 3 nitrogen and oxygen atoms in total. The quantitative estimate of drug-likeness (QED) is 0.755. The molecule has 1 rings (SSSR count). The molecule has 0 aliphatic carbocycles. The van der Waals surface area contributed by atoms with E-state index in [1.54, 1.807) is 0 Å².